The van der Waals surface area contributed by atoms with E-state index in [0.29, 0.717) is 11.5 Å². The molecule has 0 amide bonds. The zero-order valence-corrected chi connectivity index (χ0v) is 16.5. The third-order valence-electron chi connectivity index (χ3n) is 5.38. The first-order valence-corrected chi connectivity index (χ1v) is 9.27. The molecule has 0 radical (unpaired) electrons. The van der Waals surface area contributed by atoms with Gasteiger partial charge in [-0.05, 0) is 76.9 Å². The van der Waals surface area contributed by atoms with Gasteiger partial charge in [0.25, 0.3) is 0 Å². The molecule has 0 spiro atoms. The van der Waals surface area contributed by atoms with Crippen molar-refractivity contribution in [2.75, 3.05) is 27.8 Å². The highest BCUT2D eigenvalue weighted by atomic mass is 127. The highest BCUT2D eigenvalue weighted by Crippen LogP contribution is 2.55. The van der Waals surface area contributed by atoms with Crippen molar-refractivity contribution in [3.05, 3.63) is 32.4 Å². The van der Waals surface area contributed by atoms with Crippen LogP contribution in [0.25, 0.3) is 11.1 Å². The van der Waals surface area contributed by atoms with Crippen LogP contribution in [0.1, 0.15) is 22.7 Å². The summed E-state index contributed by atoms with van der Waals surface area (Å²) in [5, 5.41) is 20.9. The lowest BCUT2D eigenvalue weighted by Gasteiger charge is -2.41. The summed E-state index contributed by atoms with van der Waals surface area (Å²) < 4.78 is 11.8. The van der Waals surface area contributed by atoms with Gasteiger partial charge in [0, 0.05) is 18.2 Å². The maximum absolute atomic E-state index is 10.7. The standard InChI is InChI=1S/C19H20INO4/c1-21-5-4-10-15-12(21)6-9-7-13(22)14(24-2)8-11(9)16(15)19(25-3)18(23)17(10)20/h7-8,12,22-23H,4-6H2,1-3H3/t12-/m0/s1. The fourth-order valence-electron chi connectivity index (χ4n) is 4.14. The van der Waals surface area contributed by atoms with Gasteiger partial charge in [-0.1, -0.05) is 0 Å². The van der Waals surface area contributed by atoms with Gasteiger partial charge >= 0.3 is 0 Å². The largest absolute Gasteiger partial charge is 0.504 e. The number of halogens is 1. The van der Waals surface area contributed by atoms with Crippen LogP contribution in [0, 0.1) is 3.57 Å². The van der Waals surface area contributed by atoms with Crippen LogP contribution in [0.5, 0.6) is 23.0 Å². The molecule has 0 saturated carbocycles. The predicted molar refractivity (Wildman–Crippen MR) is 104 cm³/mol. The van der Waals surface area contributed by atoms with Crippen LogP contribution in [0.15, 0.2) is 12.1 Å². The molecule has 25 heavy (non-hydrogen) atoms. The molecule has 1 heterocycles. The molecule has 2 aromatic carbocycles. The van der Waals surface area contributed by atoms with E-state index in [0.717, 1.165) is 39.6 Å². The Bertz CT molecular complexity index is 881. The second-order valence-corrected chi connectivity index (χ2v) is 7.67. The molecule has 1 atom stereocenters. The van der Waals surface area contributed by atoms with Crippen LogP contribution in [0.4, 0.5) is 0 Å². The van der Waals surface area contributed by atoms with Gasteiger partial charge in [-0.25, -0.2) is 0 Å². The highest BCUT2D eigenvalue weighted by Gasteiger charge is 2.38. The molecule has 0 fully saturated rings. The van der Waals surface area contributed by atoms with Crippen LogP contribution in [0.3, 0.4) is 0 Å². The predicted octanol–water partition coefficient (Wildman–Crippen LogP) is 3.47. The van der Waals surface area contributed by atoms with Crippen molar-refractivity contribution >= 4 is 22.6 Å². The van der Waals surface area contributed by atoms with E-state index in [4.69, 9.17) is 9.47 Å². The SMILES string of the molecule is COc1cc2c(cc1O)C[C@H]1c3c(c(I)c(O)c(OC)c3-2)CCN1C. The molecule has 4 rings (SSSR count). The maximum Gasteiger partial charge on any atom is 0.172 e. The number of fused-ring (bicyclic) bond motifs is 2. The zero-order chi connectivity index (χ0) is 17.9. The number of methoxy groups -OCH3 is 2. The van der Waals surface area contributed by atoms with Crippen LogP contribution in [-0.2, 0) is 12.8 Å². The third-order valence-corrected chi connectivity index (χ3v) is 6.54. The monoisotopic (exact) mass is 453 g/mol. The topological polar surface area (TPSA) is 62.2 Å². The minimum Gasteiger partial charge on any atom is -0.504 e. The Balaban J connectivity index is 2.11. The van der Waals surface area contributed by atoms with Crippen LogP contribution in [-0.4, -0.2) is 42.9 Å². The van der Waals surface area contributed by atoms with Gasteiger partial charge in [-0.15, -0.1) is 0 Å². The number of aromatic hydroxyl groups is 2. The van der Waals surface area contributed by atoms with Crippen molar-refractivity contribution in [2.24, 2.45) is 0 Å². The maximum atomic E-state index is 10.7. The second-order valence-electron chi connectivity index (χ2n) is 6.59. The molecule has 0 unspecified atom stereocenters. The molecule has 0 aromatic heterocycles. The Kier molecular flexibility index (Phi) is 3.99. The fourth-order valence-corrected chi connectivity index (χ4v) is 4.94. The van der Waals surface area contributed by atoms with E-state index in [1.54, 1.807) is 20.3 Å². The smallest absolute Gasteiger partial charge is 0.172 e. The van der Waals surface area contributed by atoms with Gasteiger partial charge in [0.15, 0.2) is 23.0 Å². The molecule has 2 aliphatic rings. The number of phenols is 2. The minimum atomic E-state index is 0.136. The normalized spacial score (nSPS) is 18.5. The highest BCUT2D eigenvalue weighted by molar-refractivity contribution is 14.1. The van der Waals surface area contributed by atoms with E-state index < -0.39 is 0 Å². The number of hydrogen-bond donors (Lipinski definition) is 2. The lowest BCUT2D eigenvalue weighted by atomic mass is 9.76. The van der Waals surface area contributed by atoms with Crippen LogP contribution in [0.2, 0.25) is 0 Å². The Hall–Kier alpha value is -1.67. The Morgan fingerprint density at radius 2 is 1.96 bits per heavy atom. The number of likely N-dealkylation sites (N-methyl/N-ethyl adjacent to an activating group) is 1. The second kappa shape index (κ2) is 5.95. The molecule has 6 heteroatoms. The van der Waals surface area contributed by atoms with Crippen LogP contribution < -0.4 is 9.47 Å². The number of benzene rings is 2. The van der Waals surface area contributed by atoms with Crippen LogP contribution >= 0.6 is 22.6 Å². The average molecular weight is 453 g/mol. The Labute approximate surface area is 160 Å². The number of nitrogens with zero attached hydrogens (tertiary/aromatic N) is 1. The quantitative estimate of drug-likeness (QED) is 0.683. The van der Waals surface area contributed by atoms with Gasteiger partial charge in [0.2, 0.25) is 0 Å². The lowest BCUT2D eigenvalue weighted by Crippen LogP contribution is -2.36. The summed E-state index contributed by atoms with van der Waals surface area (Å²) in [6, 6.07) is 3.83. The molecule has 5 nitrogen and oxygen atoms in total. The van der Waals surface area contributed by atoms with E-state index in [1.165, 1.54) is 11.1 Å². The number of rotatable bonds is 2. The minimum absolute atomic E-state index is 0.136. The van der Waals surface area contributed by atoms with Gasteiger partial charge in [-0.2, -0.15) is 0 Å². The first-order chi connectivity index (χ1) is 12.0. The molecular weight excluding hydrogens is 433 g/mol. The van der Waals surface area contributed by atoms with E-state index in [1.807, 2.05) is 6.07 Å². The first kappa shape index (κ1) is 16.8. The van der Waals surface area contributed by atoms with E-state index in [2.05, 4.69) is 34.5 Å². The average Bonchev–Trinajstić information content (AvgIpc) is 2.60. The number of hydrogen-bond acceptors (Lipinski definition) is 5. The van der Waals surface area contributed by atoms with E-state index in [-0.39, 0.29) is 17.5 Å². The summed E-state index contributed by atoms with van der Waals surface area (Å²) in [5.41, 5.74) is 5.35. The third kappa shape index (κ3) is 2.30. The van der Waals surface area contributed by atoms with Crippen molar-refractivity contribution in [2.45, 2.75) is 18.9 Å². The van der Waals surface area contributed by atoms with Crippen molar-refractivity contribution < 1.29 is 19.7 Å². The van der Waals surface area contributed by atoms with Gasteiger partial charge in [0.05, 0.1) is 17.8 Å². The lowest BCUT2D eigenvalue weighted by molar-refractivity contribution is 0.226. The van der Waals surface area contributed by atoms with Gasteiger partial charge in [-0.3, -0.25) is 4.90 Å². The van der Waals surface area contributed by atoms with E-state index >= 15 is 0 Å². The summed E-state index contributed by atoms with van der Waals surface area (Å²) >= 11 is 2.22. The van der Waals surface area contributed by atoms with Crippen molar-refractivity contribution in [1.29, 1.82) is 0 Å². The fraction of sp³-hybridized carbons (Fsp3) is 0.368. The summed E-state index contributed by atoms with van der Waals surface area (Å²) in [6.45, 7) is 0.941. The molecule has 132 valence electrons. The summed E-state index contributed by atoms with van der Waals surface area (Å²) in [6.07, 6.45) is 1.71. The first-order valence-electron chi connectivity index (χ1n) is 8.19. The summed E-state index contributed by atoms with van der Waals surface area (Å²) in [5.74, 6) is 1.25. The zero-order valence-electron chi connectivity index (χ0n) is 14.4. The Morgan fingerprint density at radius 1 is 1.20 bits per heavy atom. The molecule has 0 bridgehead atoms. The molecular formula is C19H20INO4. The number of phenolic OH excluding ortho intramolecular Hbond substituents is 2. The van der Waals surface area contributed by atoms with Crippen molar-refractivity contribution in [3.63, 3.8) is 0 Å². The molecule has 2 aromatic rings. The summed E-state index contributed by atoms with van der Waals surface area (Å²) in [4.78, 5) is 2.34. The van der Waals surface area contributed by atoms with Gasteiger partial charge < -0.3 is 19.7 Å². The molecule has 2 N–H and O–H groups in total. The molecule has 0 saturated heterocycles. The van der Waals surface area contributed by atoms with Crippen molar-refractivity contribution in [1.82, 2.24) is 4.90 Å². The molecule has 1 aliphatic heterocycles. The summed E-state index contributed by atoms with van der Waals surface area (Å²) in [7, 11) is 5.25. The van der Waals surface area contributed by atoms with Gasteiger partial charge in [0.1, 0.15) is 0 Å². The Morgan fingerprint density at radius 3 is 2.64 bits per heavy atom. The van der Waals surface area contributed by atoms with Crippen molar-refractivity contribution in [3.8, 4) is 34.1 Å². The molecule has 1 aliphatic carbocycles. The number of ether oxygens (including phenoxy) is 2. The van der Waals surface area contributed by atoms with E-state index in [9.17, 15) is 10.2 Å².